The smallest absolute Gasteiger partial charge is 0.132 e. The van der Waals surface area contributed by atoms with E-state index in [1.807, 2.05) is 6.08 Å². The largest absolute Gasteiger partial charge is 0.381 e. The lowest BCUT2D eigenvalue weighted by Crippen LogP contribution is -2.57. The molecule has 5 aromatic carbocycles. The average Bonchev–Trinajstić information content (AvgIpc) is 3.42. The Morgan fingerprint density at radius 1 is 0.549 bits per heavy atom. The van der Waals surface area contributed by atoms with Gasteiger partial charge in [0.25, 0.3) is 0 Å². The molecule has 252 valence electrons. The highest BCUT2D eigenvalue weighted by Crippen LogP contribution is 2.39. The third kappa shape index (κ3) is 5.68. The molecule has 0 amide bonds. The lowest BCUT2D eigenvalue weighted by atomic mass is 9.84. The summed E-state index contributed by atoms with van der Waals surface area (Å²) in [5.41, 5.74) is 15.1. The lowest BCUT2D eigenvalue weighted by Gasteiger charge is -2.21. The number of hydrogen-bond donors (Lipinski definition) is 0. The molecule has 51 heavy (non-hydrogen) atoms. The van der Waals surface area contributed by atoms with Crippen molar-refractivity contribution in [3.8, 4) is 33.6 Å². The summed E-state index contributed by atoms with van der Waals surface area (Å²) in [6, 6.07) is 41.5. The minimum absolute atomic E-state index is 0.0193. The molecular formula is C49H48N2+2. The molecule has 0 saturated carbocycles. The number of benzene rings is 5. The average molecular weight is 665 g/mol. The second-order valence-corrected chi connectivity index (χ2v) is 16.6. The van der Waals surface area contributed by atoms with E-state index in [1.165, 1.54) is 83.0 Å². The van der Waals surface area contributed by atoms with Gasteiger partial charge in [-0.3, -0.25) is 0 Å². The Labute approximate surface area is 303 Å². The summed E-state index contributed by atoms with van der Waals surface area (Å²) in [5, 5.41) is 5.05. The molecule has 2 aromatic heterocycles. The number of aryl methyl sites for hydroxylation is 2. The Morgan fingerprint density at radius 2 is 1.24 bits per heavy atom. The zero-order valence-electron chi connectivity index (χ0n) is 31.3. The normalized spacial score (nSPS) is 14.2. The highest BCUT2D eigenvalue weighted by molar-refractivity contribution is 6.09. The number of aromatic nitrogens is 2. The van der Waals surface area contributed by atoms with Gasteiger partial charge in [0.1, 0.15) is 5.56 Å². The second kappa shape index (κ2) is 11.9. The fourth-order valence-corrected chi connectivity index (χ4v) is 8.05. The maximum atomic E-state index is 4.33. The predicted octanol–water partition coefficient (Wildman–Crippen LogP) is 11.8. The maximum absolute atomic E-state index is 4.33. The molecule has 7 aromatic rings. The molecule has 8 rings (SSSR count). The van der Waals surface area contributed by atoms with Crippen molar-refractivity contribution < 1.29 is 9.13 Å². The summed E-state index contributed by atoms with van der Waals surface area (Å²) < 4.78 is 4.92. The molecule has 0 spiro atoms. The zero-order valence-corrected chi connectivity index (χ0v) is 31.3. The van der Waals surface area contributed by atoms with E-state index in [9.17, 15) is 0 Å². The molecule has 2 nitrogen and oxygen atoms in total. The summed E-state index contributed by atoms with van der Waals surface area (Å²) in [5.74, 6) is 0. The first-order chi connectivity index (χ1) is 24.3. The Bertz CT molecular complexity index is 2520. The summed E-state index contributed by atoms with van der Waals surface area (Å²) in [4.78, 5) is 0. The third-order valence-corrected chi connectivity index (χ3v) is 10.8. The highest BCUT2D eigenvalue weighted by atomic mass is 15.2. The molecule has 0 aliphatic carbocycles. The Balaban J connectivity index is 1.38. The minimum Gasteiger partial charge on any atom is -0.132 e. The van der Waals surface area contributed by atoms with Crippen molar-refractivity contribution >= 4 is 27.6 Å². The van der Waals surface area contributed by atoms with Crippen LogP contribution in [0.4, 0.5) is 0 Å². The van der Waals surface area contributed by atoms with E-state index in [4.69, 9.17) is 0 Å². The molecule has 0 radical (unpaired) electrons. The Kier molecular flexibility index (Phi) is 7.65. The van der Waals surface area contributed by atoms with Gasteiger partial charge in [-0.1, -0.05) is 120 Å². The van der Waals surface area contributed by atoms with E-state index in [-0.39, 0.29) is 17.0 Å². The first-order valence-electron chi connectivity index (χ1n) is 18.2. The van der Waals surface area contributed by atoms with E-state index < -0.39 is 0 Å². The van der Waals surface area contributed by atoms with Crippen LogP contribution in [0.1, 0.15) is 81.1 Å². The van der Waals surface area contributed by atoms with Gasteiger partial charge in [0, 0.05) is 24.3 Å². The molecule has 2 heteroatoms. The summed E-state index contributed by atoms with van der Waals surface area (Å²) >= 11 is 0. The van der Waals surface area contributed by atoms with Crippen LogP contribution >= 0.6 is 0 Å². The zero-order chi connectivity index (χ0) is 35.8. The number of fused-ring (bicyclic) bond motifs is 6. The molecule has 1 aliphatic rings. The molecule has 1 unspecified atom stereocenters. The number of hydrogen-bond acceptors (Lipinski definition) is 0. The maximum Gasteiger partial charge on any atom is 0.381 e. The molecule has 1 atom stereocenters. The fraction of sp³-hybridized carbons (Fsp3) is 0.224. The SMILES string of the molecule is C=Cc1cc2ccc3cc(C(C)(C)C)ccc3c2cc1-c1cc(C(C)(C)C)cc[n+]1C1c2ccc(-c3cc(C)cc(C)c3)cc2-c2cccc[n+]21. The Hall–Kier alpha value is -5.34. The number of pyridine rings is 2. The van der Waals surface area contributed by atoms with Gasteiger partial charge in [-0.2, -0.15) is 0 Å². The van der Waals surface area contributed by atoms with Gasteiger partial charge in [0.15, 0.2) is 12.4 Å². The third-order valence-electron chi connectivity index (χ3n) is 10.8. The van der Waals surface area contributed by atoms with Crippen molar-refractivity contribution in [3.05, 3.63) is 162 Å². The monoisotopic (exact) mass is 664 g/mol. The predicted molar refractivity (Wildman–Crippen MR) is 215 cm³/mol. The quantitative estimate of drug-likeness (QED) is 0.131. The van der Waals surface area contributed by atoms with Crippen LogP contribution in [-0.2, 0) is 10.8 Å². The van der Waals surface area contributed by atoms with E-state index >= 15 is 0 Å². The molecular weight excluding hydrogens is 617 g/mol. The van der Waals surface area contributed by atoms with E-state index in [0.29, 0.717) is 0 Å². The Morgan fingerprint density at radius 3 is 1.94 bits per heavy atom. The highest BCUT2D eigenvalue weighted by Gasteiger charge is 2.45. The van der Waals surface area contributed by atoms with E-state index in [0.717, 1.165) is 5.56 Å². The van der Waals surface area contributed by atoms with Crippen molar-refractivity contribution in [2.45, 2.75) is 72.4 Å². The van der Waals surface area contributed by atoms with Gasteiger partial charge in [-0.05, 0) is 104 Å². The van der Waals surface area contributed by atoms with Gasteiger partial charge in [-0.15, -0.1) is 9.13 Å². The van der Waals surface area contributed by atoms with E-state index in [1.54, 1.807) is 0 Å². The van der Waals surface area contributed by atoms with Crippen LogP contribution in [0.3, 0.4) is 0 Å². The van der Waals surface area contributed by atoms with Crippen LogP contribution in [0.5, 0.6) is 0 Å². The summed E-state index contributed by atoms with van der Waals surface area (Å²) in [6.07, 6.45) is 6.52. The van der Waals surface area contributed by atoms with Crippen LogP contribution in [0.2, 0.25) is 0 Å². The summed E-state index contributed by atoms with van der Waals surface area (Å²) in [6.45, 7) is 22.4. The number of nitrogens with zero attached hydrogens (tertiary/aromatic N) is 2. The molecule has 1 aliphatic heterocycles. The van der Waals surface area contributed by atoms with Gasteiger partial charge in [-0.25, -0.2) is 0 Å². The van der Waals surface area contributed by atoms with Gasteiger partial charge >= 0.3 is 6.17 Å². The van der Waals surface area contributed by atoms with Crippen molar-refractivity contribution in [2.75, 3.05) is 0 Å². The lowest BCUT2D eigenvalue weighted by molar-refractivity contribution is -0.920. The topological polar surface area (TPSA) is 7.76 Å². The van der Waals surface area contributed by atoms with Crippen LogP contribution in [0.15, 0.2) is 128 Å². The summed E-state index contributed by atoms with van der Waals surface area (Å²) in [7, 11) is 0. The van der Waals surface area contributed by atoms with Gasteiger partial charge < -0.3 is 0 Å². The second-order valence-electron chi connectivity index (χ2n) is 16.6. The fourth-order valence-electron chi connectivity index (χ4n) is 8.05. The van der Waals surface area contributed by atoms with Gasteiger partial charge in [0.05, 0.1) is 11.1 Å². The number of rotatable bonds is 4. The van der Waals surface area contributed by atoms with Crippen molar-refractivity contribution in [1.82, 2.24) is 0 Å². The van der Waals surface area contributed by atoms with Crippen LogP contribution in [-0.4, -0.2) is 0 Å². The molecule has 0 fully saturated rings. The molecule has 0 saturated heterocycles. The first-order valence-corrected chi connectivity index (χ1v) is 18.2. The van der Waals surface area contributed by atoms with E-state index in [2.05, 4.69) is 193 Å². The van der Waals surface area contributed by atoms with Crippen molar-refractivity contribution in [1.29, 1.82) is 0 Å². The molecule has 0 bridgehead atoms. The van der Waals surface area contributed by atoms with Crippen LogP contribution in [0, 0.1) is 13.8 Å². The minimum atomic E-state index is -0.0521. The van der Waals surface area contributed by atoms with Crippen LogP contribution in [0.25, 0.3) is 61.3 Å². The standard InChI is InChI=1S/C49H48N2/c1-10-33-26-35-14-15-36-27-38(48(4,5)6)17-19-40(36)42(35)30-43(33)46-29-39(49(7,8)9)20-22-51(46)47-41-18-16-34(37-24-31(2)23-32(3)25-37)28-44(41)45-13-11-12-21-50(45)47/h10-30,47H,1H2,2-9H3/q+2. The molecule has 3 heterocycles. The molecule has 0 N–H and O–H groups in total. The first kappa shape index (κ1) is 32.8. The van der Waals surface area contributed by atoms with Crippen molar-refractivity contribution in [3.63, 3.8) is 0 Å². The van der Waals surface area contributed by atoms with Gasteiger partial charge in [0.2, 0.25) is 11.4 Å². The van der Waals surface area contributed by atoms with Crippen molar-refractivity contribution in [2.24, 2.45) is 0 Å². The van der Waals surface area contributed by atoms with Crippen LogP contribution < -0.4 is 9.13 Å².